The molecule has 0 unspecified atom stereocenters. The summed E-state index contributed by atoms with van der Waals surface area (Å²) in [5.74, 6) is 1.91. The Bertz CT molecular complexity index is 776. The van der Waals surface area contributed by atoms with Crippen molar-refractivity contribution in [2.24, 2.45) is 0 Å². The van der Waals surface area contributed by atoms with Crippen LogP contribution in [0.3, 0.4) is 0 Å². The molecule has 132 valence electrons. The average Bonchev–Trinajstić information content (AvgIpc) is 2.62. The molecule has 0 spiro atoms. The highest BCUT2D eigenvalue weighted by Gasteiger charge is 2.14. The van der Waals surface area contributed by atoms with E-state index in [4.69, 9.17) is 9.47 Å². The Morgan fingerprint density at radius 3 is 2.60 bits per heavy atom. The number of nitrogens with one attached hydrogen (secondary N) is 1. The second kappa shape index (κ2) is 7.83. The summed E-state index contributed by atoms with van der Waals surface area (Å²) in [4.78, 5) is 13.3. The van der Waals surface area contributed by atoms with Crippen molar-refractivity contribution >= 4 is 17.7 Å². The molecule has 1 heterocycles. The molecule has 0 aliphatic carbocycles. The minimum atomic E-state index is -0.00679. The molecule has 0 radical (unpaired) electrons. The molecule has 1 aliphatic heterocycles. The number of rotatable bonds is 5. The SMILES string of the molecule is Cc1ccc([C@@H](C)NC(=O)CSc2ccc3c(c2)OCCO3)cc1C. The third-order valence-electron chi connectivity index (χ3n) is 4.29. The first kappa shape index (κ1) is 17.7. The van der Waals surface area contributed by atoms with Crippen molar-refractivity contribution < 1.29 is 14.3 Å². The van der Waals surface area contributed by atoms with Gasteiger partial charge in [-0.25, -0.2) is 0 Å². The summed E-state index contributed by atoms with van der Waals surface area (Å²) in [5, 5.41) is 3.06. The Morgan fingerprint density at radius 2 is 1.84 bits per heavy atom. The third kappa shape index (κ3) is 4.48. The minimum Gasteiger partial charge on any atom is -0.486 e. The van der Waals surface area contributed by atoms with Crippen LogP contribution in [0.4, 0.5) is 0 Å². The molecule has 1 amide bonds. The molecule has 2 aromatic carbocycles. The molecule has 0 aromatic heterocycles. The second-order valence-corrected chi connectivity index (χ2v) is 7.28. The van der Waals surface area contributed by atoms with Gasteiger partial charge >= 0.3 is 0 Å². The summed E-state index contributed by atoms with van der Waals surface area (Å²) in [7, 11) is 0. The Morgan fingerprint density at radius 1 is 1.08 bits per heavy atom. The van der Waals surface area contributed by atoms with E-state index in [1.54, 1.807) is 0 Å². The van der Waals surface area contributed by atoms with Gasteiger partial charge in [-0.2, -0.15) is 0 Å². The first-order chi connectivity index (χ1) is 12.0. The summed E-state index contributed by atoms with van der Waals surface area (Å²) in [6.45, 7) is 7.33. The van der Waals surface area contributed by atoms with Crippen LogP contribution in [0.2, 0.25) is 0 Å². The topological polar surface area (TPSA) is 47.6 Å². The summed E-state index contributed by atoms with van der Waals surface area (Å²) in [6, 6.07) is 12.1. The summed E-state index contributed by atoms with van der Waals surface area (Å²) in [6.07, 6.45) is 0. The van der Waals surface area contributed by atoms with Crippen molar-refractivity contribution in [1.82, 2.24) is 5.32 Å². The molecule has 1 atom stereocenters. The molecule has 1 N–H and O–H groups in total. The maximum Gasteiger partial charge on any atom is 0.230 e. The number of hydrogen-bond acceptors (Lipinski definition) is 4. The van der Waals surface area contributed by atoms with E-state index in [0.29, 0.717) is 19.0 Å². The summed E-state index contributed by atoms with van der Waals surface area (Å²) in [5.41, 5.74) is 3.63. The fraction of sp³-hybridized carbons (Fsp3) is 0.350. The molecule has 0 bridgehead atoms. The zero-order chi connectivity index (χ0) is 17.8. The normalized spacial score (nSPS) is 14.0. The molecular formula is C20H23NO3S. The number of hydrogen-bond donors (Lipinski definition) is 1. The fourth-order valence-corrected chi connectivity index (χ4v) is 3.40. The van der Waals surface area contributed by atoms with E-state index >= 15 is 0 Å². The van der Waals surface area contributed by atoms with Gasteiger partial charge in [-0.3, -0.25) is 4.79 Å². The van der Waals surface area contributed by atoms with Crippen LogP contribution in [0, 0.1) is 13.8 Å². The zero-order valence-electron chi connectivity index (χ0n) is 14.8. The van der Waals surface area contributed by atoms with Crippen molar-refractivity contribution in [3.8, 4) is 11.5 Å². The van der Waals surface area contributed by atoms with Crippen LogP contribution in [0.15, 0.2) is 41.3 Å². The van der Waals surface area contributed by atoms with Gasteiger partial charge in [0.15, 0.2) is 11.5 Å². The molecule has 0 fully saturated rings. The monoisotopic (exact) mass is 357 g/mol. The third-order valence-corrected chi connectivity index (χ3v) is 5.29. The number of carbonyl (C=O) groups excluding carboxylic acids is 1. The lowest BCUT2D eigenvalue weighted by molar-refractivity contribution is -0.119. The number of ether oxygens (including phenoxy) is 2. The Kier molecular flexibility index (Phi) is 5.53. The van der Waals surface area contributed by atoms with E-state index in [0.717, 1.165) is 22.0 Å². The summed E-state index contributed by atoms with van der Waals surface area (Å²) < 4.78 is 11.1. The van der Waals surface area contributed by atoms with Crippen LogP contribution in [-0.4, -0.2) is 24.9 Å². The molecule has 0 saturated heterocycles. The molecule has 25 heavy (non-hydrogen) atoms. The number of benzene rings is 2. The molecule has 1 aliphatic rings. The van der Waals surface area contributed by atoms with Gasteiger partial charge < -0.3 is 14.8 Å². The van der Waals surface area contributed by atoms with Crippen LogP contribution < -0.4 is 14.8 Å². The summed E-state index contributed by atoms with van der Waals surface area (Å²) >= 11 is 1.50. The largest absolute Gasteiger partial charge is 0.486 e. The number of fused-ring (bicyclic) bond motifs is 1. The zero-order valence-corrected chi connectivity index (χ0v) is 15.6. The van der Waals surface area contributed by atoms with Gasteiger partial charge in [0.25, 0.3) is 0 Å². The smallest absolute Gasteiger partial charge is 0.230 e. The van der Waals surface area contributed by atoms with E-state index in [9.17, 15) is 4.79 Å². The van der Waals surface area contributed by atoms with Crippen LogP contribution >= 0.6 is 11.8 Å². The van der Waals surface area contributed by atoms with Crippen LogP contribution in [0.25, 0.3) is 0 Å². The molecule has 4 nitrogen and oxygen atoms in total. The van der Waals surface area contributed by atoms with Crippen molar-refractivity contribution in [3.05, 3.63) is 53.1 Å². The maximum atomic E-state index is 12.3. The maximum absolute atomic E-state index is 12.3. The van der Waals surface area contributed by atoms with Gasteiger partial charge in [0, 0.05) is 4.90 Å². The highest BCUT2D eigenvalue weighted by atomic mass is 32.2. The van der Waals surface area contributed by atoms with Crippen molar-refractivity contribution in [2.75, 3.05) is 19.0 Å². The first-order valence-electron chi connectivity index (χ1n) is 8.42. The number of amides is 1. The lowest BCUT2D eigenvalue weighted by atomic mass is 10.0. The van der Waals surface area contributed by atoms with Gasteiger partial charge in [0.2, 0.25) is 5.91 Å². The Balaban J connectivity index is 1.54. The molecule has 5 heteroatoms. The second-order valence-electron chi connectivity index (χ2n) is 6.23. The highest BCUT2D eigenvalue weighted by molar-refractivity contribution is 8.00. The van der Waals surface area contributed by atoms with E-state index in [2.05, 4.69) is 37.4 Å². The standard InChI is InChI=1S/C20H23NO3S/c1-13-4-5-16(10-14(13)2)15(3)21-20(22)12-25-17-6-7-18-19(11-17)24-9-8-23-18/h4-7,10-11,15H,8-9,12H2,1-3H3,(H,21,22)/t15-/m1/s1. The van der Waals surface area contributed by atoms with E-state index in [1.165, 1.54) is 22.9 Å². The lowest BCUT2D eigenvalue weighted by Crippen LogP contribution is -2.28. The predicted octanol–water partition coefficient (Wildman–Crippen LogP) is 4.04. The van der Waals surface area contributed by atoms with Crippen LogP contribution in [0.5, 0.6) is 11.5 Å². The lowest BCUT2D eigenvalue weighted by Gasteiger charge is -2.19. The van der Waals surface area contributed by atoms with Gasteiger partial charge in [0.1, 0.15) is 13.2 Å². The molecule has 3 rings (SSSR count). The Labute approximate surface area is 152 Å². The fourth-order valence-electron chi connectivity index (χ4n) is 2.66. The van der Waals surface area contributed by atoms with E-state index in [-0.39, 0.29) is 11.9 Å². The van der Waals surface area contributed by atoms with Crippen molar-refractivity contribution in [1.29, 1.82) is 0 Å². The van der Waals surface area contributed by atoms with E-state index < -0.39 is 0 Å². The minimum absolute atomic E-state index is 0.00679. The number of aryl methyl sites for hydroxylation is 2. The predicted molar refractivity (Wildman–Crippen MR) is 101 cm³/mol. The van der Waals surface area contributed by atoms with Crippen LogP contribution in [0.1, 0.15) is 29.7 Å². The van der Waals surface area contributed by atoms with Gasteiger partial charge in [0.05, 0.1) is 11.8 Å². The quantitative estimate of drug-likeness (QED) is 0.821. The molecule has 2 aromatic rings. The first-order valence-corrected chi connectivity index (χ1v) is 9.40. The van der Waals surface area contributed by atoms with Gasteiger partial charge in [-0.05, 0) is 55.7 Å². The Hall–Kier alpha value is -2.14. The number of carbonyl (C=O) groups is 1. The van der Waals surface area contributed by atoms with Crippen LogP contribution in [-0.2, 0) is 4.79 Å². The highest BCUT2D eigenvalue weighted by Crippen LogP contribution is 2.34. The molecule has 0 saturated carbocycles. The van der Waals surface area contributed by atoms with E-state index in [1.807, 2.05) is 25.1 Å². The average molecular weight is 357 g/mol. The van der Waals surface area contributed by atoms with Crippen molar-refractivity contribution in [2.45, 2.75) is 31.7 Å². The van der Waals surface area contributed by atoms with Gasteiger partial charge in [-0.15, -0.1) is 11.8 Å². The van der Waals surface area contributed by atoms with Gasteiger partial charge in [-0.1, -0.05) is 18.2 Å². The van der Waals surface area contributed by atoms with Crippen molar-refractivity contribution in [3.63, 3.8) is 0 Å². The number of thioether (sulfide) groups is 1. The molecular weight excluding hydrogens is 334 g/mol.